The number of hydrogen-bond donors (Lipinski definition) is 0. The molecule has 0 amide bonds. The van der Waals surface area contributed by atoms with Crippen LogP contribution in [0.1, 0.15) is 44.9 Å². The SMILES string of the molecule is CN1CCC(C(=O)c2cccc(CC(=O)c3cn(Cc4ccccc4)c4ccccc34)n2)CC1. The summed E-state index contributed by atoms with van der Waals surface area (Å²) in [6, 6.07) is 23.7. The molecular weight excluding hydrogens is 422 g/mol. The van der Waals surface area contributed by atoms with Gasteiger partial charge in [0.25, 0.3) is 0 Å². The van der Waals surface area contributed by atoms with Crippen molar-refractivity contribution < 1.29 is 9.59 Å². The van der Waals surface area contributed by atoms with Gasteiger partial charge in [-0.25, -0.2) is 4.98 Å². The summed E-state index contributed by atoms with van der Waals surface area (Å²) in [4.78, 5) is 33.2. The van der Waals surface area contributed by atoms with Crippen LogP contribution in [-0.2, 0) is 13.0 Å². The molecule has 3 heterocycles. The number of carbonyl (C=O) groups excluding carboxylic acids is 2. The maximum Gasteiger partial charge on any atom is 0.184 e. The highest BCUT2D eigenvalue weighted by Crippen LogP contribution is 2.24. The number of Topliss-reactive ketones (excluding diaryl/α,β-unsaturated/α-hetero) is 2. The van der Waals surface area contributed by atoms with E-state index in [9.17, 15) is 9.59 Å². The van der Waals surface area contributed by atoms with Gasteiger partial charge in [0.15, 0.2) is 11.6 Å². The van der Waals surface area contributed by atoms with E-state index in [1.807, 2.05) is 60.8 Å². The number of pyridine rings is 1. The van der Waals surface area contributed by atoms with Crippen LogP contribution < -0.4 is 0 Å². The fourth-order valence-electron chi connectivity index (χ4n) is 4.83. The summed E-state index contributed by atoms with van der Waals surface area (Å²) in [6.45, 7) is 2.57. The van der Waals surface area contributed by atoms with Crippen molar-refractivity contribution >= 4 is 22.5 Å². The predicted molar refractivity (Wildman–Crippen MR) is 134 cm³/mol. The molecule has 172 valence electrons. The number of rotatable bonds is 7. The van der Waals surface area contributed by atoms with Crippen LogP contribution in [-0.4, -0.2) is 46.2 Å². The quantitative estimate of drug-likeness (QED) is 0.370. The van der Waals surface area contributed by atoms with Crippen molar-refractivity contribution in [2.24, 2.45) is 5.92 Å². The van der Waals surface area contributed by atoms with E-state index in [4.69, 9.17) is 0 Å². The molecule has 0 saturated carbocycles. The first kappa shape index (κ1) is 22.2. The van der Waals surface area contributed by atoms with Gasteiger partial charge in [-0.3, -0.25) is 9.59 Å². The van der Waals surface area contributed by atoms with E-state index < -0.39 is 0 Å². The average molecular weight is 452 g/mol. The summed E-state index contributed by atoms with van der Waals surface area (Å²) >= 11 is 0. The molecule has 4 aromatic rings. The maximum absolute atomic E-state index is 13.4. The summed E-state index contributed by atoms with van der Waals surface area (Å²) in [5.41, 5.74) is 4.04. The zero-order chi connectivity index (χ0) is 23.5. The Balaban J connectivity index is 1.37. The molecule has 2 aromatic carbocycles. The van der Waals surface area contributed by atoms with E-state index in [1.165, 1.54) is 5.56 Å². The van der Waals surface area contributed by atoms with Crippen molar-refractivity contribution in [2.75, 3.05) is 20.1 Å². The normalized spacial score (nSPS) is 15.0. The van der Waals surface area contributed by atoms with E-state index in [2.05, 4.69) is 33.6 Å². The Labute approximate surface area is 200 Å². The molecule has 2 aromatic heterocycles. The van der Waals surface area contributed by atoms with Gasteiger partial charge in [-0.2, -0.15) is 0 Å². The Morgan fingerprint density at radius 2 is 1.65 bits per heavy atom. The van der Waals surface area contributed by atoms with Gasteiger partial charge in [0.2, 0.25) is 0 Å². The zero-order valence-electron chi connectivity index (χ0n) is 19.5. The van der Waals surface area contributed by atoms with Crippen LogP contribution in [0.3, 0.4) is 0 Å². The van der Waals surface area contributed by atoms with Gasteiger partial charge in [0.1, 0.15) is 5.69 Å². The molecule has 34 heavy (non-hydrogen) atoms. The number of nitrogens with zero attached hydrogens (tertiary/aromatic N) is 3. The van der Waals surface area contributed by atoms with E-state index in [0.29, 0.717) is 23.5 Å². The van der Waals surface area contributed by atoms with Gasteiger partial charge in [-0.15, -0.1) is 0 Å². The third kappa shape index (κ3) is 4.70. The molecule has 0 N–H and O–H groups in total. The molecule has 0 bridgehead atoms. The number of ketones is 2. The van der Waals surface area contributed by atoms with Gasteiger partial charge in [-0.1, -0.05) is 54.6 Å². The number of fused-ring (bicyclic) bond motifs is 1. The Kier molecular flexibility index (Phi) is 6.37. The minimum Gasteiger partial charge on any atom is -0.342 e. The molecule has 0 radical (unpaired) electrons. The van der Waals surface area contributed by atoms with Crippen molar-refractivity contribution in [3.8, 4) is 0 Å². The number of para-hydroxylation sites is 1. The second kappa shape index (κ2) is 9.74. The largest absolute Gasteiger partial charge is 0.342 e. The highest BCUT2D eigenvalue weighted by atomic mass is 16.1. The molecule has 5 nitrogen and oxygen atoms in total. The van der Waals surface area contributed by atoms with Crippen LogP contribution in [0.15, 0.2) is 79.0 Å². The maximum atomic E-state index is 13.4. The van der Waals surface area contributed by atoms with Crippen LogP contribution >= 0.6 is 0 Å². The van der Waals surface area contributed by atoms with Gasteiger partial charge in [-0.05, 0) is 56.7 Å². The van der Waals surface area contributed by atoms with Crippen LogP contribution in [0, 0.1) is 5.92 Å². The summed E-state index contributed by atoms with van der Waals surface area (Å²) in [7, 11) is 2.09. The second-order valence-corrected chi connectivity index (χ2v) is 9.23. The lowest BCUT2D eigenvalue weighted by molar-refractivity contribution is 0.0850. The minimum absolute atomic E-state index is 0.0133. The van der Waals surface area contributed by atoms with E-state index in [0.717, 1.165) is 36.8 Å². The lowest BCUT2D eigenvalue weighted by atomic mass is 9.91. The highest BCUT2D eigenvalue weighted by molar-refractivity contribution is 6.08. The summed E-state index contributed by atoms with van der Waals surface area (Å²) in [5.74, 6) is 0.131. The van der Waals surface area contributed by atoms with E-state index >= 15 is 0 Å². The van der Waals surface area contributed by atoms with E-state index in [-0.39, 0.29) is 23.9 Å². The average Bonchev–Trinajstić information content (AvgIpc) is 3.23. The Morgan fingerprint density at radius 3 is 2.44 bits per heavy atom. The van der Waals surface area contributed by atoms with Crippen molar-refractivity contribution in [1.29, 1.82) is 0 Å². The second-order valence-electron chi connectivity index (χ2n) is 9.23. The van der Waals surface area contributed by atoms with Gasteiger partial charge < -0.3 is 9.47 Å². The van der Waals surface area contributed by atoms with Crippen LogP contribution in [0.2, 0.25) is 0 Å². The standard InChI is InChI=1S/C29H29N3O2/c1-31-16-14-22(15-17-31)29(34)26-12-7-10-23(30-26)18-28(33)25-20-32(19-21-8-3-2-4-9-21)27-13-6-5-11-24(25)27/h2-13,20,22H,14-19H2,1H3. The predicted octanol–water partition coefficient (Wildman–Crippen LogP) is 5.03. The molecule has 1 fully saturated rings. The molecule has 0 spiro atoms. The summed E-state index contributed by atoms with van der Waals surface area (Å²) in [5, 5.41) is 0.946. The molecule has 1 saturated heterocycles. The number of benzene rings is 2. The first-order valence-electron chi connectivity index (χ1n) is 11.9. The topological polar surface area (TPSA) is 55.2 Å². The van der Waals surface area contributed by atoms with Gasteiger partial charge in [0.05, 0.1) is 6.42 Å². The minimum atomic E-state index is 0.0133. The Hall–Kier alpha value is -3.57. The first-order valence-corrected chi connectivity index (χ1v) is 11.9. The van der Waals surface area contributed by atoms with Crippen molar-refractivity contribution in [1.82, 2.24) is 14.5 Å². The third-order valence-electron chi connectivity index (χ3n) is 6.77. The fraction of sp³-hybridized carbons (Fsp3) is 0.276. The van der Waals surface area contributed by atoms with E-state index in [1.54, 1.807) is 6.07 Å². The molecule has 0 unspecified atom stereocenters. The summed E-state index contributed by atoms with van der Waals surface area (Å²) in [6.07, 6.45) is 3.85. The molecule has 1 aliphatic heterocycles. The molecule has 0 aliphatic carbocycles. The number of piperidine rings is 1. The van der Waals surface area contributed by atoms with Crippen molar-refractivity contribution in [3.63, 3.8) is 0 Å². The summed E-state index contributed by atoms with van der Waals surface area (Å²) < 4.78 is 2.13. The Morgan fingerprint density at radius 1 is 0.912 bits per heavy atom. The molecule has 0 atom stereocenters. The molecule has 1 aliphatic rings. The van der Waals surface area contributed by atoms with Crippen LogP contribution in [0.25, 0.3) is 10.9 Å². The monoisotopic (exact) mass is 451 g/mol. The number of carbonyl (C=O) groups is 2. The van der Waals surface area contributed by atoms with Gasteiger partial charge in [0, 0.05) is 40.8 Å². The fourth-order valence-corrected chi connectivity index (χ4v) is 4.83. The molecular formula is C29H29N3O2. The first-order chi connectivity index (χ1) is 16.6. The number of aromatic nitrogens is 2. The number of likely N-dealkylation sites (tertiary alicyclic amines) is 1. The smallest absolute Gasteiger partial charge is 0.184 e. The third-order valence-corrected chi connectivity index (χ3v) is 6.77. The number of hydrogen-bond acceptors (Lipinski definition) is 4. The van der Waals surface area contributed by atoms with Crippen LogP contribution in [0.5, 0.6) is 0 Å². The highest BCUT2D eigenvalue weighted by Gasteiger charge is 2.25. The van der Waals surface area contributed by atoms with Crippen molar-refractivity contribution in [3.05, 3.63) is 102 Å². The zero-order valence-corrected chi connectivity index (χ0v) is 19.5. The molecule has 5 rings (SSSR count). The lowest BCUT2D eigenvalue weighted by Gasteiger charge is -2.27. The lowest BCUT2D eigenvalue weighted by Crippen LogP contribution is -2.33. The van der Waals surface area contributed by atoms with Crippen molar-refractivity contribution in [2.45, 2.75) is 25.8 Å². The van der Waals surface area contributed by atoms with Crippen LogP contribution in [0.4, 0.5) is 0 Å². The Bertz CT molecular complexity index is 1320. The van der Waals surface area contributed by atoms with Gasteiger partial charge >= 0.3 is 0 Å². The molecule has 5 heteroatoms.